The topological polar surface area (TPSA) is 62.2 Å². The molecule has 4 rings (SSSR count). The number of amides is 1. The van der Waals surface area contributed by atoms with Gasteiger partial charge in [-0.15, -0.1) is 5.10 Å². The lowest BCUT2D eigenvalue weighted by Gasteiger charge is -2.34. The molecule has 2 aromatic heterocycles. The van der Waals surface area contributed by atoms with Gasteiger partial charge in [-0.1, -0.05) is 35.2 Å². The fraction of sp³-hybridized carbons (Fsp3) is 0.412. The van der Waals surface area contributed by atoms with Crippen molar-refractivity contribution in [2.75, 3.05) is 31.1 Å². The number of aromatic nitrogens is 3. The van der Waals surface area contributed by atoms with Crippen molar-refractivity contribution in [2.24, 2.45) is 0 Å². The lowest BCUT2D eigenvalue weighted by atomic mass is 10.2. The Morgan fingerprint density at radius 3 is 2.81 bits per heavy atom. The SMILES string of the molecule is CCCc1nnsc1C(=O)N1CCN(c2nc3c(F)cccc3s2)CC1. The molecular weight excluding hydrogens is 373 g/mol. The minimum atomic E-state index is -0.292. The number of hydrogen-bond donors (Lipinski definition) is 0. The molecule has 0 bridgehead atoms. The van der Waals surface area contributed by atoms with Gasteiger partial charge in [0, 0.05) is 26.2 Å². The molecule has 1 aromatic carbocycles. The Labute approximate surface area is 158 Å². The fourth-order valence-electron chi connectivity index (χ4n) is 3.05. The Balaban J connectivity index is 1.45. The van der Waals surface area contributed by atoms with E-state index in [1.807, 2.05) is 11.0 Å². The lowest BCUT2D eigenvalue weighted by Crippen LogP contribution is -2.48. The van der Waals surface area contributed by atoms with E-state index in [-0.39, 0.29) is 11.7 Å². The van der Waals surface area contributed by atoms with E-state index in [4.69, 9.17) is 0 Å². The molecule has 3 aromatic rings. The van der Waals surface area contributed by atoms with E-state index >= 15 is 0 Å². The molecular formula is C17H18FN5OS2. The van der Waals surface area contributed by atoms with Gasteiger partial charge in [-0.05, 0) is 30.1 Å². The standard InChI is InChI=1S/C17H18FN5OS2/c1-2-4-12-15(26-21-20-12)16(24)22-7-9-23(10-8-22)17-19-14-11(18)5-3-6-13(14)25-17/h3,5-6H,2,4,7-10H2,1H3. The Bertz CT molecular complexity index is 932. The maximum absolute atomic E-state index is 13.9. The zero-order valence-corrected chi connectivity index (χ0v) is 15.9. The summed E-state index contributed by atoms with van der Waals surface area (Å²) in [6, 6.07) is 5.01. The largest absolute Gasteiger partial charge is 0.345 e. The average Bonchev–Trinajstić information content (AvgIpc) is 3.29. The summed E-state index contributed by atoms with van der Waals surface area (Å²) >= 11 is 2.66. The molecule has 0 radical (unpaired) electrons. The second kappa shape index (κ2) is 7.24. The molecule has 6 nitrogen and oxygen atoms in total. The molecule has 0 atom stereocenters. The van der Waals surface area contributed by atoms with Gasteiger partial charge in [-0.3, -0.25) is 4.79 Å². The quantitative estimate of drug-likeness (QED) is 0.683. The molecule has 1 saturated heterocycles. The van der Waals surface area contributed by atoms with Crippen LogP contribution in [0.4, 0.5) is 9.52 Å². The molecule has 0 unspecified atom stereocenters. The van der Waals surface area contributed by atoms with Crippen molar-refractivity contribution in [3.05, 3.63) is 34.6 Å². The van der Waals surface area contributed by atoms with E-state index in [0.29, 0.717) is 36.6 Å². The summed E-state index contributed by atoms with van der Waals surface area (Å²) < 4.78 is 18.6. The maximum Gasteiger partial charge on any atom is 0.267 e. The highest BCUT2D eigenvalue weighted by Gasteiger charge is 2.27. The first-order valence-electron chi connectivity index (χ1n) is 8.58. The van der Waals surface area contributed by atoms with Gasteiger partial charge in [0.1, 0.15) is 16.2 Å². The molecule has 1 fully saturated rings. The number of anilines is 1. The van der Waals surface area contributed by atoms with Crippen LogP contribution in [0.25, 0.3) is 10.2 Å². The van der Waals surface area contributed by atoms with Gasteiger partial charge in [0.2, 0.25) is 0 Å². The first-order chi connectivity index (χ1) is 12.7. The van der Waals surface area contributed by atoms with E-state index < -0.39 is 0 Å². The maximum atomic E-state index is 13.9. The highest BCUT2D eigenvalue weighted by atomic mass is 32.1. The molecule has 1 aliphatic heterocycles. The fourth-order valence-corrected chi connectivity index (χ4v) is 4.76. The number of benzene rings is 1. The molecule has 0 saturated carbocycles. The van der Waals surface area contributed by atoms with Crippen LogP contribution >= 0.6 is 22.9 Å². The predicted molar refractivity (Wildman–Crippen MR) is 102 cm³/mol. The molecule has 136 valence electrons. The summed E-state index contributed by atoms with van der Waals surface area (Å²) in [5.41, 5.74) is 1.22. The third-order valence-electron chi connectivity index (χ3n) is 4.43. The van der Waals surface area contributed by atoms with E-state index in [9.17, 15) is 9.18 Å². The second-order valence-corrected chi connectivity index (χ2v) is 7.92. The molecule has 0 N–H and O–H groups in total. The molecule has 1 aliphatic rings. The number of nitrogens with zero attached hydrogens (tertiary/aromatic N) is 5. The summed E-state index contributed by atoms with van der Waals surface area (Å²) in [6.45, 7) is 4.65. The monoisotopic (exact) mass is 391 g/mol. The summed E-state index contributed by atoms with van der Waals surface area (Å²) in [5, 5.41) is 4.89. The number of piperazine rings is 1. The van der Waals surface area contributed by atoms with E-state index in [2.05, 4.69) is 26.4 Å². The Hall–Kier alpha value is -2.13. The van der Waals surface area contributed by atoms with Crippen LogP contribution in [0, 0.1) is 5.82 Å². The zero-order valence-electron chi connectivity index (χ0n) is 14.3. The smallest absolute Gasteiger partial charge is 0.267 e. The number of carbonyl (C=O) groups is 1. The predicted octanol–water partition coefficient (Wildman–Crippen LogP) is 3.20. The summed E-state index contributed by atoms with van der Waals surface area (Å²) in [4.78, 5) is 21.8. The van der Waals surface area contributed by atoms with Crippen LogP contribution in [0.5, 0.6) is 0 Å². The zero-order chi connectivity index (χ0) is 18.1. The van der Waals surface area contributed by atoms with Gasteiger partial charge in [0.25, 0.3) is 5.91 Å². The van der Waals surface area contributed by atoms with E-state index in [1.54, 1.807) is 6.07 Å². The van der Waals surface area contributed by atoms with Crippen LogP contribution in [0.3, 0.4) is 0 Å². The van der Waals surface area contributed by atoms with Crippen molar-refractivity contribution in [1.29, 1.82) is 0 Å². The van der Waals surface area contributed by atoms with Crippen LogP contribution in [0.2, 0.25) is 0 Å². The number of para-hydroxylation sites is 1. The third-order valence-corrected chi connectivity index (χ3v) is 6.27. The average molecular weight is 391 g/mol. The Morgan fingerprint density at radius 2 is 2.08 bits per heavy atom. The van der Waals surface area contributed by atoms with Gasteiger partial charge in [0.05, 0.1) is 10.4 Å². The highest BCUT2D eigenvalue weighted by Crippen LogP contribution is 2.31. The van der Waals surface area contributed by atoms with E-state index in [0.717, 1.165) is 28.4 Å². The summed E-state index contributed by atoms with van der Waals surface area (Å²) in [7, 11) is 0. The first-order valence-corrected chi connectivity index (χ1v) is 10.2. The van der Waals surface area contributed by atoms with E-state index in [1.165, 1.54) is 28.9 Å². The van der Waals surface area contributed by atoms with Gasteiger partial charge in [0.15, 0.2) is 5.13 Å². The van der Waals surface area contributed by atoms with Crippen molar-refractivity contribution in [3.63, 3.8) is 0 Å². The van der Waals surface area contributed by atoms with Crippen molar-refractivity contribution < 1.29 is 9.18 Å². The minimum Gasteiger partial charge on any atom is -0.345 e. The van der Waals surface area contributed by atoms with Crippen LogP contribution in [0.1, 0.15) is 28.7 Å². The highest BCUT2D eigenvalue weighted by molar-refractivity contribution is 7.22. The van der Waals surface area contributed by atoms with Gasteiger partial charge in [-0.2, -0.15) is 0 Å². The van der Waals surface area contributed by atoms with Gasteiger partial charge in [-0.25, -0.2) is 9.37 Å². The molecule has 9 heteroatoms. The van der Waals surface area contributed by atoms with Crippen molar-refractivity contribution in [3.8, 4) is 0 Å². The number of carbonyl (C=O) groups excluding carboxylic acids is 1. The first kappa shape index (κ1) is 17.3. The second-order valence-electron chi connectivity index (χ2n) is 6.16. The number of rotatable bonds is 4. The number of aryl methyl sites for hydroxylation is 1. The van der Waals surface area contributed by atoms with Crippen LogP contribution in [-0.4, -0.2) is 51.6 Å². The van der Waals surface area contributed by atoms with Crippen molar-refractivity contribution in [1.82, 2.24) is 19.5 Å². The van der Waals surface area contributed by atoms with Crippen molar-refractivity contribution in [2.45, 2.75) is 19.8 Å². The number of fused-ring (bicyclic) bond motifs is 1. The third kappa shape index (κ3) is 3.16. The van der Waals surface area contributed by atoms with Crippen LogP contribution in [0.15, 0.2) is 18.2 Å². The molecule has 3 heterocycles. The number of halogens is 1. The molecule has 0 spiro atoms. The number of thiazole rings is 1. The van der Waals surface area contributed by atoms with Gasteiger partial charge < -0.3 is 9.80 Å². The van der Waals surface area contributed by atoms with Crippen LogP contribution in [-0.2, 0) is 6.42 Å². The normalized spacial score (nSPS) is 15.0. The summed E-state index contributed by atoms with van der Waals surface area (Å²) in [5.74, 6) is -0.279. The molecule has 0 aliphatic carbocycles. The van der Waals surface area contributed by atoms with Crippen LogP contribution < -0.4 is 4.90 Å². The number of hydrogen-bond acceptors (Lipinski definition) is 7. The Kier molecular flexibility index (Phi) is 4.82. The minimum absolute atomic E-state index is 0.0124. The Morgan fingerprint density at radius 1 is 1.27 bits per heavy atom. The summed E-state index contributed by atoms with van der Waals surface area (Å²) in [6.07, 6.45) is 1.71. The van der Waals surface area contributed by atoms with Crippen molar-refractivity contribution >= 4 is 44.1 Å². The lowest BCUT2D eigenvalue weighted by molar-refractivity contribution is 0.0750. The molecule has 1 amide bonds. The van der Waals surface area contributed by atoms with Gasteiger partial charge >= 0.3 is 0 Å². The molecule has 26 heavy (non-hydrogen) atoms.